The van der Waals surface area contributed by atoms with Crippen LogP contribution in [0.3, 0.4) is 0 Å². The maximum Gasteiger partial charge on any atom is 0.165 e. The molecule has 1 N–H and O–H groups in total. The van der Waals surface area contributed by atoms with Gasteiger partial charge in [0.2, 0.25) is 0 Å². The minimum Gasteiger partial charge on any atom is -0.504 e. The highest BCUT2D eigenvalue weighted by molar-refractivity contribution is 5.74. The number of aromatic hydroxyl groups is 1. The molecule has 0 aliphatic heterocycles. The minimum absolute atomic E-state index is 0.212. The van der Waals surface area contributed by atoms with Crippen molar-refractivity contribution in [2.75, 3.05) is 7.11 Å². The maximum atomic E-state index is 10.2. The summed E-state index contributed by atoms with van der Waals surface area (Å²) in [5.41, 5.74) is 3.02. The third kappa shape index (κ3) is 2.48. The van der Waals surface area contributed by atoms with Crippen molar-refractivity contribution in [3.63, 3.8) is 0 Å². The second-order valence-corrected chi connectivity index (χ2v) is 4.31. The normalized spacial score (nSPS) is 10.3. The lowest BCUT2D eigenvalue weighted by atomic mass is 9.99. The van der Waals surface area contributed by atoms with Crippen LogP contribution in [-0.4, -0.2) is 12.2 Å². The average molecular weight is 242 g/mol. The molecule has 0 saturated carbocycles. The molecule has 0 heterocycles. The van der Waals surface area contributed by atoms with E-state index >= 15 is 0 Å². The summed E-state index contributed by atoms with van der Waals surface area (Å²) in [4.78, 5) is 0. The summed E-state index contributed by atoms with van der Waals surface area (Å²) >= 11 is 0. The highest BCUT2D eigenvalue weighted by Crippen LogP contribution is 2.38. The second kappa shape index (κ2) is 5.58. The molecule has 0 radical (unpaired) electrons. The molecular weight excluding hydrogens is 224 g/mol. The van der Waals surface area contributed by atoms with Crippen LogP contribution >= 0.6 is 0 Å². The van der Waals surface area contributed by atoms with Gasteiger partial charge < -0.3 is 9.84 Å². The lowest BCUT2D eigenvalue weighted by molar-refractivity contribution is 0.374. The molecule has 0 saturated heterocycles. The van der Waals surface area contributed by atoms with Gasteiger partial charge in [-0.3, -0.25) is 0 Å². The van der Waals surface area contributed by atoms with Gasteiger partial charge >= 0.3 is 0 Å². The van der Waals surface area contributed by atoms with E-state index in [1.165, 1.54) is 5.56 Å². The number of phenols is 1. The smallest absolute Gasteiger partial charge is 0.165 e. The lowest BCUT2D eigenvalue weighted by Gasteiger charge is -2.12. The number of aryl methyl sites for hydroxylation is 1. The molecule has 2 nitrogen and oxygen atoms in total. The Bertz CT molecular complexity index is 518. The Labute approximate surface area is 108 Å². The van der Waals surface area contributed by atoms with E-state index in [-0.39, 0.29) is 5.75 Å². The van der Waals surface area contributed by atoms with Gasteiger partial charge in [-0.1, -0.05) is 43.7 Å². The fraction of sp³-hybridized carbons (Fsp3) is 0.250. The number of benzene rings is 2. The van der Waals surface area contributed by atoms with E-state index < -0.39 is 0 Å². The maximum absolute atomic E-state index is 10.2. The monoisotopic (exact) mass is 242 g/mol. The molecule has 0 aliphatic carbocycles. The fourth-order valence-corrected chi connectivity index (χ4v) is 2.09. The van der Waals surface area contributed by atoms with E-state index in [1.54, 1.807) is 7.11 Å². The zero-order chi connectivity index (χ0) is 13.0. The molecule has 2 aromatic rings. The molecule has 2 aromatic carbocycles. The van der Waals surface area contributed by atoms with E-state index in [1.807, 2.05) is 42.5 Å². The molecule has 0 bridgehead atoms. The fourth-order valence-electron chi connectivity index (χ4n) is 2.09. The van der Waals surface area contributed by atoms with Crippen LogP contribution in [0.5, 0.6) is 11.5 Å². The van der Waals surface area contributed by atoms with E-state index in [2.05, 4.69) is 6.92 Å². The third-order valence-corrected chi connectivity index (χ3v) is 2.98. The van der Waals surface area contributed by atoms with E-state index in [0.717, 1.165) is 24.0 Å². The first-order valence-corrected chi connectivity index (χ1v) is 6.21. The molecule has 0 atom stereocenters. The average Bonchev–Trinajstić information content (AvgIpc) is 2.42. The lowest BCUT2D eigenvalue weighted by Crippen LogP contribution is -1.91. The summed E-state index contributed by atoms with van der Waals surface area (Å²) in [5.74, 6) is 0.753. The van der Waals surface area contributed by atoms with Gasteiger partial charge in [0.05, 0.1) is 7.11 Å². The van der Waals surface area contributed by atoms with Gasteiger partial charge in [0.15, 0.2) is 11.5 Å². The van der Waals surface area contributed by atoms with Crippen LogP contribution in [0, 0.1) is 0 Å². The second-order valence-electron chi connectivity index (χ2n) is 4.31. The third-order valence-electron chi connectivity index (χ3n) is 2.98. The molecule has 0 aromatic heterocycles. The Morgan fingerprint density at radius 1 is 1.11 bits per heavy atom. The van der Waals surface area contributed by atoms with Crippen LogP contribution in [0.4, 0.5) is 0 Å². The zero-order valence-corrected chi connectivity index (χ0v) is 10.8. The summed E-state index contributed by atoms with van der Waals surface area (Å²) in [6.45, 7) is 2.14. The molecule has 94 valence electrons. The summed E-state index contributed by atoms with van der Waals surface area (Å²) in [7, 11) is 1.58. The van der Waals surface area contributed by atoms with Crippen molar-refractivity contribution >= 4 is 0 Å². The first-order chi connectivity index (χ1) is 8.76. The van der Waals surface area contributed by atoms with Gasteiger partial charge in [0.1, 0.15) is 0 Å². The summed E-state index contributed by atoms with van der Waals surface area (Å²) in [6, 6.07) is 13.8. The Morgan fingerprint density at radius 2 is 1.83 bits per heavy atom. The van der Waals surface area contributed by atoms with E-state index in [4.69, 9.17) is 4.74 Å². The van der Waals surface area contributed by atoms with Crippen molar-refractivity contribution < 1.29 is 9.84 Å². The van der Waals surface area contributed by atoms with Gasteiger partial charge in [0.25, 0.3) is 0 Å². The molecule has 2 heteroatoms. The Kier molecular flexibility index (Phi) is 3.88. The number of phenolic OH excluding ortho intramolecular Hbond substituents is 1. The minimum atomic E-state index is 0.212. The van der Waals surface area contributed by atoms with Gasteiger partial charge in [-0.2, -0.15) is 0 Å². The van der Waals surface area contributed by atoms with Crippen LogP contribution in [0.2, 0.25) is 0 Å². The van der Waals surface area contributed by atoms with Gasteiger partial charge in [0, 0.05) is 5.56 Å². The van der Waals surface area contributed by atoms with Gasteiger partial charge in [-0.05, 0) is 29.7 Å². The summed E-state index contributed by atoms with van der Waals surface area (Å²) in [6.07, 6.45) is 2.05. The van der Waals surface area contributed by atoms with Gasteiger partial charge in [-0.25, -0.2) is 0 Å². The number of ether oxygens (including phenoxy) is 1. The molecule has 18 heavy (non-hydrogen) atoms. The molecule has 2 rings (SSSR count). The molecule has 0 amide bonds. The van der Waals surface area contributed by atoms with Crippen molar-refractivity contribution in [1.82, 2.24) is 0 Å². The van der Waals surface area contributed by atoms with Crippen LogP contribution in [-0.2, 0) is 6.42 Å². The Hall–Kier alpha value is -1.96. The largest absolute Gasteiger partial charge is 0.504 e. The van der Waals surface area contributed by atoms with Crippen molar-refractivity contribution in [2.24, 2.45) is 0 Å². The highest BCUT2D eigenvalue weighted by atomic mass is 16.5. The molecule has 0 fully saturated rings. The molecule has 0 aliphatic rings. The molecule has 0 unspecified atom stereocenters. The SMILES string of the molecule is CCCc1cc(OC)c(O)c(-c2ccccc2)c1. The van der Waals surface area contributed by atoms with E-state index in [9.17, 15) is 5.11 Å². The standard InChI is InChI=1S/C16H18O2/c1-3-7-12-10-14(13-8-5-4-6-9-13)16(17)15(11-12)18-2/h4-6,8-11,17H,3,7H2,1-2H3. The predicted octanol–water partition coefficient (Wildman–Crippen LogP) is 4.02. The highest BCUT2D eigenvalue weighted by Gasteiger charge is 2.11. The first-order valence-electron chi connectivity index (χ1n) is 6.21. The quantitative estimate of drug-likeness (QED) is 0.877. The predicted molar refractivity (Wildman–Crippen MR) is 74.1 cm³/mol. The van der Waals surface area contributed by atoms with Crippen LogP contribution < -0.4 is 4.74 Å². The number of hydrogen-bond donors (Lipinski definition) is 1. The number of hydrogen-bond acceptors (Lipinski definition) is 2. The summed E-state index contributed by atoms with van der Waals surface area (Å²) in [5, 5.41) is 10.2. The van der Waals surface area contributed by atoms with Crippen molar-refractivity contribution in [3.8, 4) is 22.6 Å². The van der Waals surface area contributed by atoms with Crippen LogP contribution in [0.15, 0.2) is 42.5 Å². The topological polar surface area (TPSA) is 29.5 Å². The first kappa shape index (κ1) is 12.5. The Balaban J connectivity index is 2.55. The number of methoxy groups -OCH3 is 1. The van der Waals surface area contributed by atoms with Crippen molar-refractivity contribution in [3.05, 3.63) is 48.0 Å². The van der Waals surface area contributed by atoms with Gasteiger partial charge in [-0.15, -0.1) is 0 Å². The van der Waals surface area contributed by atoms with Crippen LogP contribution in [0.25, 0.3) is 11.1 Å². The van der Waals surface area contributed by atoms with E-state index in [0.29, 0.717) is 5.75 Å². The van der Waals surface area contributed by atoms with Crippen molar-refractivity contribution in [1.29, 1.82) is 0 Å². The van der Waals surface area contributed by atoms with Crippen molar-refractivity contribution in [2.45, 2.75) is 19.8 Å². The summed E-state index contributed by atoms with van der Waals surface area (Å²) < 4.78 is 5.24. The Morgan fingerprint density at radius 3 is 2.44 bits per heavy atom. The number of rotatable bonds is 4. The molecular formula is C16H18O2. The zero-order valence-electron chi connectivity index (χ0n) is 10.8. The van der Waals surface area contributed by atoms with Crippen LogP contribution in [0.1, 0.15) is 18.9 Å². The molecule has 0 spiro atoms.